The van der Waals surface area contributed by atoms with E-state index in [1.54, 1.807) is 19.4 Å². The van der Waals surface area contributed by atoms with E-state index in [2.05, 4.69) is 5.92 Å². The van der Waals surface area contributed by atoms with Crippen LogP contribution in [-0.4, -0.2) is 12.9 Å². The van der Waals surface area contributed by atoms with Gasteiger partial charge >= 0.3 is 0 Å². The lowest BCUT2D eigenvalue weighted by Crippen LogP contribution is -1.96. The Kier molecular flexibility index (Phi) is 5.21. The summed E-state index contributed by atoms with van der Waals surface area (Å²) in [7, 11) is 1.62. The lowest BCUT2D eigenvalue weighted by molar-refractivity contribution is -0.118. The van der Waals surface area contributed by atoms with Crippen LogP contribution < -0.4 is 4.74 Å². The zero-order valence-electron chi connectivity index (χ0n) is 9.49. The van der Waals surface area contributed by atoms with Crippen molar-refractivity contribution in [2.45, 2.75) is 32.1 Å². The summed E-state index contributed by atoms with van der Waals surface area (Å²) in [6, 6.07) is 1.79. The number of hydrogen-bond acceptors (Lipinski definition) is 3. The highest BCUT2D eigenvalue weighted by molar-refractivity contribution is 5.80. The van der Waals surface area contributed by atoms with Crippen molar-refractivity contribution >= 4 is 5.78 Å². The number of ketones is 1. The van der Waals surface area contributed by atoms with Gasteiger partial charge in [-0.25, -0.2) is 0 Å². The molecule has 0 amide bonds. The van der Waals surface area contributed by atoms with Crippen molar-refractivity contribution in [1.29, 1.82) is 0 Å². The van der Waals surface area contributed by atoms with Gasteiger partial charge in [0.2, 0.25) is 0 Å². The van der Waals surface area contributed by atoms with Gasteiger partial charge in [-0.15, -0.1) is 6.42 Å². The quantitative estimate of drug-likeness (QED) is 0.523. The molecule has 86 valence electrons. The molecular formula is C13H16O3. The molecule has 0 radical (unpaired) electrons. The van der Waals surface area contributed by atoms with Crippen LogP contribution in [0.25, 0.3) is 0 Å². The van der Waals surface area contributed by atoms with Gasteiger partial charge in [0.15, 0.2) is 5.75 Å². The van der Waals surface area contributed by atoms with Crippen LogP contribution in [0.1, 0.15) is 31.4 Å². The first-order chi connectivity index (χ1) is 7.77. The van der Waals surface area contributed by atoms with Crippen molar-refractivity contribution in [3.63, 3.8) is 0 Å². The van der Waals surface area contributed by atoms with Gasteiger partial charge in [0.05, 0.1) is 19.8 Å². The summed E-state index contributed by atoms with van der Waals surface area (Å²) in [6.07, 6.45) is 9.98. The molecule has 0 aliphatic rings. The highest BCUT2D eigenvalue weighted by Gasteiger charge is 2.06. The first-order valence-electron chi connectivity index (χ1n) is 5.33. The van der Waals surface area contributed by atoms with Crippen LogP contribution in [0.5, 0.6) is 5.75 Å². The average Bonchev–Trinajstić information content (AvgIpc) is 2.72. The molecule has 1 rings (SSSR count). The number of carbonyl (C=O) groups is 1. The Morgan fingerprint density at radius 3 is 3.06 bits per heavy atom. The van der Waals surface area contributed by atoms with Gasteiger partial charge in [-0.2, -0.15) is 0 Å². The van der Waals surface area contributed by atoms with Crippen molar-refractivity contribution in [2.24, 2.45) is 0 Å². The number of unbranched alkanes of at least 4 members (excludes halogenated alkanes) is 1. The minimum atomic E-state index is 0.133. The Hall–Kier alpha value is -1.69. The average molecular weight is 220 g/mol. The smallest absolute Gasteiger partial charge is 0.160 e. The number of aryl methyl sites for hydroxylation is 1. The maximum atomic E-state index is 11.1. The Labute approximate surface area is 95.8 Å². The Bertz CT molecular complexity index is 371. The molecule has 0 aromatic carbocycles. The van der Waals surface area contributed by atoms with Gasteiger partial charge in [0.1, 0.15) is 11.5 Å². The molecule has 3 nitrogen and oxygen atoms in total. The molecule has 0 aliphatic carbocycles. The van der Waals surface area contributed by atoms with E-state index in [1.165, 1.54) is 0 Å². The standard InChI is InChI=1S/C13H16O3/c1-3-6-11(14)7-4-5-8-13-12(15-2)9-10-16-13/h1,9-10H,4-8H2,2H3. The monoisotopic (exact) mass is 220 g/mol. The van der Waals surface area contributed by atoms with Crippen LogP contribution in [0.4, 0.5) is 0 Å². The van der Waals surface area contributed by atoms with Crippen molar-refractivity contribution in [1.82, 2.24) is 0 Å². The van der Waals surface area contributed by atoms with Crippen LogP contribution in [-0.2, 0) is 11.2 Å². The highest BCUT2D eigenvalue weighted by atomic mass is 16.5. The Balaban J connectivity index is 2.21. The number of Topliss-reactive ketones (excluding diaryl/α,β-unsaturated/α-hetero) is 1. The van der Waals surface area contributed by atoms with E-state index in [1.807, 2.05) is 0 Å². The largest absolute Gasteiger partial charge is 0.493 e. The van der Waals surface area contributed by atoms with E-state index in [4.69, 9.17) is 15.6 Å². The number of ether oxygens (including phenoxy) is 1. The number of methoxy groups -OCH3 is 1. The van der Waals surface area contributed by atoms with Gasteiger partial charge < -0.3 is 9.15 Å². The number of furan rings is 1. The SMILES string of the molecule is C#CCC(=O)CCCCc1occc1OC. The van der Waals surface area contributed by atoms with Crippen LogP contribution in [0.3, 0.4) is 0 Å². The molecule has 0 spiro atoms. The third kappa shape index (κ3) is 3.82. The molecule has 1 aromatic heterocycles. The fourth-order valence-corrected chi connectivity index (χ4v) is 1.50. The minimum absolute atomic E-state index is 0.133. The van der Waals surface area contributed by atoms with E-state index < -0.39 is 0 Å². The normalized spacial score (nSPS) is 9.75. The number of rotatable bonds is 7. The van der Waals surface area contributed by atoms with Gasteiger partial charge in [-0.05, 0) is 12.8 Å². The number of carbonyl (C=O) groups excluding carboxylic acids is 1. The van der Waals surface area contributed by atoms with Crippen LogP contribution in [0.15, 0.2) is 16.7 Å². The molecular weight excluding hydrogens is 204 g/mol. The van der Waals surface area contributed by atoms with Crippen molar-refractivity contribution in [3.05, 3.63) is 18.1 Å². The maximum Gasteiger partial charge on any atom is 0.160 e. The summed E-state index contributed by atoms with van der Waals surface area (Å²) in [5, 5.41) is 0. The van der Waals surface area contributed by atoms with Crippen molar-refractivity contribution in [3.8, 4) is 18.1 Å². The van der Waals surface area contributed by atoms with Gasteiger partial charge in [-0.3, -0.25) is 4.79 Å². The summed E-state index contributed by atoms with van der Waals surface area (Å²) >= 11 is 0. The zero-order valence-corrected chi connectivity index (χ0v) is 9.49. The fourth-order valence-electron chi connectivity index (χ4n) is 1.50. The van der Waals surface area contributed by atoms with Gasteiger partial charge in [0.25, 0.3) is 0 Å². The minimum Gasteiger partial charge on any atom is -0.493 e. The molecule has 0 fully saturated rings. The van der Waals surface area contributed by atoms with E-state index in [-0.39, 0.29) is 12.2 Å². The molecule has 1 heterocycles. The Morgan fingerprint density at radius 1 is 1.56 bits per heavy atom. The molecule has 0 aliphatic heterocycles. The van der Waals surface area contributed by atoms with Crippen molar-refractivity contribution < 1.29 is 13.9 Å². The molecule has 0 bridgehead atoms. The third-order valence-corrected chi connectivity index (χ3v) is 2.33. The molecule has 0 unspecified atom stereocenters. The van der Waals surface area contributed by atoms with Crippen molar-refractivity contribution in [2.75, 3.05) is 7.11 Å². The van der Waals surface area contributed by atoms with E-state index in [9.17, 15) is 4.79 Å². The predicted octanol–water partition coefficient (Wildman–Crippen LogP) is 2.59. The van der Waals surface area contributed by atoms with Crippen LogP contribution >= 0.6 is 0 Å². The summed E-state index contributed by atoms with van der Waals surface area (Å²) in [5.74, 6) is 4.10. The molecule has 0 saturated carbocycles. The summed E-state index contributed by atoms with van der Waals surface area (Å²) in [5.41, 5.74) is 0. The Morgan fingerprint density at radius 2 is 2.38 bits per heavy atom. The molecule has 16 heavy (non-hydrogen) atoms. The molecule has 3 heteroatoms. The summed E-state index contributed by atoms with van der Waals surface area (Å²) in [6.45, 7) is 0. The first kappa shape index (κ1) is 12.4. The second kappa shape index (κ2) is 6.73. The van der Waals surface area contributed by atoms with E-state index >= 15 is 0 Å². The topological polar surface area (TPSA) is 39.4 Å². The second-order valence-corrected chi connectivity index (χ2v) is 3.54. The fraction of sp³-hybridized carbons (Fsp3) is 0.462. The molecule has 1 aromatic rings. The highest BCUT2D eigenvalue weighted by Crippen LogP contribution is 2.21. The van der Waals surface area contributed by atoms with Crippen LogP contribution in [0, 0.1) is 12.3 Å². The maximum absolute atomic E-state index is 11.1. The molecule has 0 N–H and O–H groups in total. The van der Waals surface area contributed by atoms with Gasteiger partial charge in [-0.1, -0.05) is 5.92 Å². The summed E-state index contributed by atoms with van der Waals surface area (Å²) in [4.78, 5) is 11.1. The van der Waals surface area contributed by atoms with Crippen LogP contribution in [0.2, 0.25) is 0 Å². The predicted molar refractivity (Wildman–Crippen MR) is 61.3 cm³/mol. The lowest BCUT2D eigenvalue weighted by Gasteiger charge is -2.00. The first-order valence-corrected chi connectivity index (χ1v) is 5.33. The van der Waals surface area contributed by atoms with E-state index in [0.717, 1.165) is 30.8 Å². The number of terminal acetylenes is 1. The van der Waals surface area contributed by atoms with Gasteiger partial charge in [0, 0.05) is 18.9 Å². The number of hydrogen-bond donors (Lipinski definition) is 0. The molecule has 0 saturated heterocycles. The lowest BCUT2D eigenvalue weighted by atomic mass is 10.1. The third-order valence-electron chi connectivity index (χ3n) is 2.33. The van der Waals surface area contributed by atoms with E-state index in [0.29, 0.717) is 6.42 Å². The second-order valence-electron chi connectivity index (χ2n) is 3.54. The zero-order chi connectivity index (χ0) is 11.8. The molecule has 0 atom stereocenters. The summed E-state index contributed by atoms with van der Waals surface area (Å²) < 4.78 is 10.4.